The molecule has 128 valence electrons. The lowest BCUT2D eigenvalue weighted by molar-refractivity contribution is -0.116. The third-order valence-corrected chi connectivity index (χ3v) is 2.87. The van der Waals surface area contributed by atoms with Gasteiger partial charge in [0, 0.05) is 25.2 Å². The summed E-state index contributed by atoms with van der Waals surface area (Å²) in [4.78, 5) is 16.1. The number of amides is 1. The lowest BCUT2D eigenvalue weighted by Gasteiger charge is -2.10. The van der Waals surface area contributed by atoms with Gasteiger partial charge < -0.3 is 16.0 Å². The number of benzene rings is 1. The highest BCUT2D eigenvalue weighted by Gasteiger charge is 2.02. The van der Waals surface area contributed by atoms with Gasteiger partial charge in [0.15, 0.2) is 5.96 Å². The molecule has 0 radical (unpaired) electrons. The minimum absolute atomic E-state index is 0. The fourth-order valence-electron chi connectivity index (χ4n) is 1.88. The van der Waals surface area contributed by atoms with E-state index in [2.05, 4.69) is 27.5 Å². The molecular weight excluding hydrogens is 403 g/mol. The van der Waals surface area contributed by atoms with Gasteiger partial charge in [-0.3, -0.25) is 4.79 Å². The maximum absolute atomic E-state index is 11.6. The Morgan fingerprint density at radius 3 is 2.74 bits per heavy atom. The largest absolute Gasteiger partial charge is 0.357 e. The van der Waals surface area contributed by atoms with E-state index in [0.717, 1.165) is 30.2 Å². The van der Waals surface area contributed by atoms with Crippen LogP contribution in [0.3, 0.4) is 0 Å². The van der Waals surface area contributed by atoms with Crippen molar-refractivity contribution in [1.29, 1.82) is 0 Å². The molecule has 1 rings (SSSR count). The molecule has 0 unspecified atom stereocenters. The first-order chi connectivity index (χ1) is 10.7. The van der Waals surface area contributed by atoms with Crippen LogP contribution in [0.4, 0.5) is 5.69 Å². The molecule has 6 heteroatoms. The minimum Gasteiger partial charge on any atom is -0.357 e. The predicted molar refractivity (Wildman–Crippen MR) is 108 cm³/mol. The Morgan fingerprint density at radius 1 is 1.30 bits per heavy atom. The van der Waals surface area contributed by atoms with Crippen molar-refractivity contribution >= 4 is 41.5 Å². The van der Waals surface area contributed by atoms with Crippen molar-refractivity contribution in [2.45, 2.75) is 33.2 Å². The Labute approximate surface area is 156 Å². The second-order valence-corrected chi connectivity index (χ2v) is 4.86. The van der Waals surface area contributed by atoms with E-state index in [1.54, 1.807) is 6.08 Å². The lowest BCUT2D eigenvalue weighted by Crippen LogP contribution is -2.37. The Morgan fingerprint density at radius 2 is 2.09 bits per heavy atom. The highest BCUT2D eigenvalue weighted by molar-refractivity contribution is 14.0. The Balaban J connectivity index is 0.00000484. The van der Waals surface area contributed by atoms with Crippen molar-refractivity contribution in [3.8, 4) is 0 Å². The number of nitrogens with zero attached hydrogens (tertiary/aromatic N) is 1. The van der Waals surface area contributed by atoms with Crippen molar-refractivity contribution in [1.82, 2.24) is 10.6 Å². The molecule has 0 aliphatic rings. The van der Waals surface area contributed by atoms with Crippen LogP contribution in [0.1, 0.15) is 32.3 Å². The van der Waals surface area contributed by atoms with Crippen molar-refractivity contribution in [2.75, 3.05) is 18.4 Å². The minimum atomic E-state index is 0. The standard InChI is InChI=1S/C17H26N4O.HI/c1-4-8-16(22)21-15-10-7-9-14(12-15)13-20-17(18-6-3)19-11-5-2;/h5,7,9-10,12H,2,4,6,8,11,13H2,1,3H3,(H,21,22)(H2,18,19,20);1H. The molecular formula is C17H27IN4O. The van der Waals surface area contributed by atoms with Gasteiger partial charge in [-0.05, 0) is 31.0 Å². The molecule has 23 heavy (non-hydrogen) atoms. The molecule has 0 spiro atoms. The number of carbonyl (C=O) groups excluding carboxylic acids is 1. The smallest absolute Gasteiger partial charge is 0.224 e. The maximum atomic E-state index is 11.6. The number of carbonyl (C=O) groups is 1. The molecule has 0 fully saturated rings. The molecule has 0 saturated carbocycles. The average molecular weight is 430 g/mol. The number of hydrogen-bond donors (Lipinski definition) is 3. The lowest BCUT2D eigenvalue weighted by atomic mass is 10.2. The number of nitrogens with one attached hydrogen (secondary N) is 3. The summed E-state index contributed by atoms with van der Waals surface area (Å²) in [5.74, 6) is 0.798. The Bertz CT molecular complexity index is 517. The number of hydrogen-bond acceptors (Lipinski definition) is 2. The Kier molecular flexibility index (Phi) is 12.0. The SMILES string of the molecule is C=CCNC(=NCc1cccc(NC(=O)CCC)c1)NCC.I. The number of anilines is 1. The molecule has 1 aromatic rings. The van der Waals surface area contributed by atoms with E-state index in [1.807, 2.05) is 38.1 Å². The van der Waals surface area contributed by atoms with Gasteiger partial charge >= 0.3 is 0 Å². The van der Waals surface area contributed by atoms with Crippen LogP contribution >= 0.6 is 24.0 Å². The molecule has 0 aliphatic carbocycles. The van der Waals surface area contributed by atoms with E-state index in [1.165, 1.54) is 0 Å². The molecule has 0 heterocycles. The van der Waals surface area contributed by atoms with Gasteiger partial charge in [-0.25, -0.2) is 4.99 Å². The summed E-state index contributed by atoms with van der Waals surface area (Å²) in [5.41, 5.74) is 1.86. The average Bonchev–Trinajstić information content (AvgIpc) is 2.50. The van der Waals surface area contributed by atoms with Crippen molar-refractivity contribution in [2.24, 2.45) is 4.99 Å². The van der Waals surface area contributed by atoms with Crippen LogP contribution in [0.25, 0.3) is 0 Å². The molecule has 0 aromatic heterocycles. The first-order valence-electron chi connectivity index (χ1n) is 7.71. The topological polar surface area (TPSA) is 65.5 Å². The van der Waals surface area contributed by atoms with Crippen molar-refractivity contribution < 1.29 is 4.79 Å². The van der Waals surface area contributed by atoms with Gasteiger partial charge in [0.2, 0.25) is 5.91 Å². The van der Waals surface area contributed by atoms with Gasteiger partial charge in [0.1, 0.15) is 0 Å². The third-order valence-electron chi connectivity index (χ3n) is 2.87. The van der Waals surface area contributed by atoms with Gasteiger partial charge in [0.25, 0.3) is 0 Å². The summed E-state index contributed by atoms with van der Waals surface area (Å²) in [6, 6.07) is 7.77. The highest BCUT2D eigenvalue weighted by Crippen LogP contribution is 2.12. The summed E-state index contributed by atoms with van der Waals surface area (Å²) in [7, 11) is 0. The first-order valence-corrected chi connectivity index (χ1v) is 7.71. The monoisotopic (exact) mass is 430 g/mol. The van der Waals surface area contributed by atoms with Crippen LogP contribution in [0.5, 0.6) is 0 Å². The van der Waals surface area contributed by atoms with Crippen LogP contribution < -0.4 is 16.0 Å². The molecule has 1 amide bonds. The summed E-state index contributed by atoms with van der Waals surface area (Å²) >= 11 is 0. The number of aliphatic imine (C=N–C) groups is 1. The quantitative estimate of drug-likeness (QED) is 0.257. The highest BCUT2D eigenvalue weighted by atomic mass is 127. The van der Waals surface area contributed by atoms with Gasteiger partial charge in [-0.2, -0.15) is 0 Å². The summed E-state index contributed by atoms with van der Waals surface area (Å²) < 4.78 is 0. The van der Waals surface area contributed by atoms with Crippen LogP contribution in [0, 0.1) is 0 Å². The predicted octanol–water partition coefficient (Wildman–Crippen LogP) is 3.28. The van der Waals surface area contributed by atoms with E-state index < -0.39 is 0 Å². The van der Waals surface area contributed by atoms with Gasteiger partial charge in [0.05, 0.1) is 6.54 Å². The van der Waals surface area contributed by atoms with E-state index in [0.29, 0.717) is 19.5 Å². The first kappa shape index (κ1) is 21.4. The number of rotatable bonds is 8. The second-order valence-electron chi connectivity index (χ2n) is 4.86. The van der Waals surface area contributed by atoms with Gasteiger partial charge in [-0.15, -0.1) is 30.6 Å². The van der Waals surface area contributed by atoms with Crippen LogP contribution in [0.15, 0.2) is 41.9 Å². The van der Waals surface area contributed by atoms with E-state index in [9.17, 15) is 4.79 Å². The van der Waals surface area contributed by atoms with Crippen LogP contribution in [-0.4, -0.2) is 25.0 Å². The number of guanidine groups is 1. The normalized spacial score (nSPS) is 10.4. The fraction of sp³-hybridized carbons (Fsp3) is 0.412. The summed E-state index contributed by atoms with van der Waals surface area (Å²) in [6.07, 6.45) is 3.17. The summed E-state index contributed by atoms with van der Waals surface area (Å²) in [5, 5.41) is 9.23. The molecule has 1 aromatic carbocycles. The zero-order chi connectivity index (χ0) is 16.2. The Hall–Kier alpha value is -1.57. The van der Waals surface area contributed by atoms with E-state index in [4.69, 9.17) is 0 Å². The fourth-order valence-corrected chi connectivity index (χ4v) is 1.88. The third kappa shape index (κ3) is 9.22. The maximum Gasteiger partial charge on any atom is 0.224 e. The molecule has 0 atom stereocenters. The zero-order valence-corrected chi connectivity index (χ0v) is 16.2. The van der Waals surface area contributed by atoms with Crippen molar-refractivity contribution in [3.05, 3.63) is 42.5 Å². The summed E-state index contributed by atoms with van der Waals surface area (Å²) in [6.45, 7) is 9.70. The van der Waals surface area contributed by atoms with E-state index in [-0.39, 0.29) is 29.9 Å². The van der Waals surface area contributed by atoms with Crippen LogP contribution in [-0.2, 0) is 11.3 Å². The second kappa shape index (κ2) is 12.9. The molecule has 0 aliphatic heterocycles. The van der Waals surface area contributed by atoms with Gasteiger partial charge in [-0.1, -0.05) is 25.1 Å². The van der Waals surface area contributed by atoms with Crippen LogP contribution in [0.2, 0.25) is 0 Å². The van der Waals surface area contributed by atoms with E-state index >= 15 is 0 Å². The molecule has 0 saturated heterocycles. The molecule has 5 nitrogen and oxygen atoms in total. The molecule has 0 bridgehead atoms. The number of halogens is 1. The van der Waals surface area contributed by atoms with Crippen molar-refractivity contribution in [3.63, 3.8) is 0 Å². The molecule has 3 N–H and O–H groups in total. The zero-order valence-electron chi connectivity index (χ0n) is 13.9.